The third-order valence-electron chi connectivity index (χ3n) is 3.80. The number of aromatic nitrogens is 3. The molecule has 0 fully saturated rings. The van der Waals surface area contributed by atoms with E-state index in [2.05, 4.69) is 57.8 Å². The van der Waals surface area contributed by atoms with Gasteiger partial charge in [0.2, 0.25) is 0 Å². The molecule has 0 saturated carbocycles. The Morgan fingerprint density at radius 1 is 1.46 bits per heavy atom. The van der Waals surface area contributed by atoms with E-state index in [9.17, 15) is 0 Å². The lowest BCUT2D eigenvalue weighted by Crippen LogP contribution is -2.39. The summed E-state index contributed by atoms with van der Waals surface area (Å²) in [4.78, 5) is 11.0. The van der Waals surface area contributed by atoms with Gasteiger partial charge >= 0.3 is 0 Å². The fourth-order valence-corrected chi connectivity index (χ4v) is 3.35. The molecule has 2 heterocycles. The van der Waals surface area contributed by atoms with Crippen LogP contribution in [-0.2, 0) is 20.0 Å². The van der Waals surface area contributed by atoms with Gasteiger partial charge in [0.1, 0.15) is 0 Å². The molecule has 0 aromatic carbocycles. The smallest absolute Gasteiger partial charge is 0.193 e. The van der Waals surface area contributed by atoms with Crippen molar-refractivity contribution in [2.45, 2.75) is 39.7 Å². The Kier molecular flexibility index (Phi) is 6.36. The van der Waals surface area contributed by atoms with Crippen LogP contribution in [0.25, 0.3) is 0 Å². The summed E-state index contributed by atoms with van der Waals surface area (Å²) in [5, 5.41) is 11.2. The molecule has 0 amide bonds. The van der Waals surface area contributed by atoms with Crippen molar-refractivity contribution < 1.29 is 0 Å². The minimum atomic E-state index is 0.414. The lowest BCUT2D eigenvalue weighted by Gasteiger charge is -2.22. The number of nitrogens with one attached hydrogen (secondary N) is 1. The lowest BCUT2D eigenvalue weighted by atomic mass is 10.1. The fourth-order valence-electron chi connectivity index (χ4n) is 2.70. The van der Waals surface area contributed by atoms with E-state index >= 15 is 0 Å². The third-order valence-corrected chi connectivity index (χ3v) is 4.62. The molecule has 2 aromatic heterocycles. The highest BCUT2D eigenvalue weighted by Gasteiger charge is 2.15. The van der Waals surface area contributed by atoms with E-state index in [-0.39, 0.29) is 0 Å². The Hall–Kier alpha value is -1.89. The normalized spacial score (nSPS) is 12.0. The van der Waals surface area contributed by atoms with E-state index in [0.717, 1.165) is 41.9 Å². The Morgan fingerprint density at radius 2 is 2.21 bits per heavy atom. The monoisotopic (exact) mass is 348 g/mol. The minimum Gasteiger partial charge on any atom is -0.356 e. The van der Waals surface area contributed by atoms with Crippen LogP contribution in [0.15, 0.2) is 16.6 Å². The van der Waals surface area contributed by atoms with Gasteiger partial charge in [-0.05, 0) is 12.8 Å². The number of thiazole rings is 1. The number of nitrogens with zero attached hydrogens (tertiary/aromatic N) is 5. The van der Waals surface area contributed by atoms with Crippen LogP contribution < -0.4 is 5.32 Å². The van der Waals surface area contributed by atoms with Crippen LogP contribution in [0.2, 0.25) is 0 Å². The average Bonchev–Trinajstić information content (AvgIpc) is 3.09. The van der Waals surface area contributed by atoms with Gasteiger partial charge in [0, 0.05) is 57.8 Å². The van der Waals surface area contributed by atoms with Crippen molar-refractivity contribution in [1.82, 2.24) is 25.0 Å². The molecular formula is C17H28N6S. The number of aryl methyl sites for hydroxylation is 2. The molecule has 24 heavy (non-hydrogen) atoms. The molecule has 0 atom stereocenters. The first kappa shape index (κ1) is 18.4. The molecule has 0 aliphatic carbocycles. The van der Waals surface area contributed by atoms with E-state index in [0.29, 0.717) is 5.92 Å². The molecule has 0 radical (unpaired) electrons. The highest BCUT2D eigenvalue weighted by Crippen LogP contribution is 2.18. The van der Waals surface area contributed by atoms with Gasteiger partial charge < -0.3 is 10.2 Å². The van der Waals surface area contributed by atoms with Crippen molar-refractivity contribution in [3.63, 3.8) is 0 Å². The summed E-state index contributed by atoms with van der Waals surface area (Å²) >= 11 is 1.69. The number of hydrogen-bond acceptors (Lipinski definition) is 4. The van der Waals surface area contributed by atoms with Crippen molar-refractivity contribution in [2.24, 2.45) is 12.0 Å². The molecule has 132 valence electrons. The van der Waals surface area contributed by atoms with Crippen LogP contribution in [0.4, 0.5) is 0 Å². The van der Waals surface area contributed by atoms with Crippen LogP contribution >= 0.6 is 11.3 Å². The summed E-state index contributed by atoms with van der Waals surface area (Å²) in [5.41, 5.74) is 3.53. The topological polar surface area (TPSA) is 58.3 Å². The number of rotatable bonds is 6. The second kappa shape index (κ2) is 8.28. The van der Waals surface area contributed by atoms with Gasteiger partial charge in [-0.15, -0.1) is 11.3 Å². The maximum Gasteiger partial charge on any atom is 0.193 e. The number of hydrogen-bond donors (Lipinski definition) is 1. The van der Waals surface area contributed by atoms with E-state index in [1.165, 1.54) is 5.56 Å². The summed E-state index contributed by atoms with van der Waals surface area (Å²) in [5.74, 6) is 1.30. The summed E-state index contributed by atoms with van der Waals surface area (Å²) in [6, 6.07) is 0. The van der Waals surface area contributed by atoms with Crippen LogP contribution in [0.3, 0.4) is 0 Å². The second-order valence-corrected chi connectivity index (χ2v) is 7.37. The maximum absolute atomic E-state index is 4.58. The maximum atomic E-state index is 4.58. The molecule has 0 aliphatic rings. The summed E-state index contributed by atoms with van der Waals surface area (Å²) in [7, 11) is 5.84. The SMILES string of the molecule is CN=C(NCCc1csc(C)n1)N(C)Cc1cn(C)nc1C(C)C. The largest absolute Gasteiger partial charge is 0.356 e. The molecule has 0 unspecified atom stereocenters. The molecule has 0 bridgehead atoms. The van der Waals surface area contributed by atoms with Crippen LogP contribution in [-0.4, -0.2) is 46.3 Å². The Morgan fingerprint density at radius 3 is 2.79 bits per heavy atom. The Balaban J connectivity index is 1.93. The third kappa shape index (κ3) is 4.80. The molecular weight excluding hydrogens is 320 g/mol. The van der Waals surface area contributed by atoms with E-state index in [1.54, 1.807) is 11.3 Å². The zero-order chi connectivity index (χ0) is 17.7. The van der Waals surface area contributed by atoms with Gasteiger partial charge in [-0.25, -0.2) is 4.98 Å². The van der Waals surface area contributed by atoms with Gasteiger partial charge in [0.15, 0.2) is 5.96 Å². The lowest BCUT2D eigenvalue weighted by molar-refractivity contribution is 0.473. The molecule has 0 spiro atoms. The van der Waals surface area contributed by atoms with Crippen molar-refractivity contribution in [1.29, 1.82) is 0 Å². The first-order chi connectivity index (χ1) is 11.4. The van der Waals surface area contributed by atoms with E-state index in [1.807, 2.05) is 25.7 Å². The quantitative estimate of drug-likeness (QED) is 0.644. The molecule has 0 aliphatic heterocycles. The first-order valence-electron chi connectivity index (χ1n) is 8.26. The summed E-state index contributed by atoms with van der Waals surface area (Å²) < 4.78 is 1.89. The first-order valence-corrected chi connectivity index (χ1v) is 9.13. The Labute approximate surface area is 148 Å². The average molecular weight is 349 g/mol. The zero-order valence-corrected chi connectivity index (χ0v) is 16.3. The predicted octanol–water partition coefficient (Wildman–Crippen LogP) is 2.56. The highest BCUT2D eigenvalue weighted by molar-refractivity contribution is 7.09. The van der Waals surface area contributed by atoms with Crippen LogP contribution in [0.5, 0.6) is 0 Å². The van der Waals surface area contributed by atoms with Crippen LogP contribution in [0, 0.1) is 6.92 Å². The zero-order valence-electron chi connectivity index (χ0n) is 15.5. The summed E-state index contributed by atoms with van der Waals surface area (Å²) in [6.07, 6.45) is 3.00. The fraction of sp³-hybridized carbons (Fsp3) is 0.588. The molecule has 0 saturated heterocycles. The second-order valence-electron chi connectivity index (χ2n) is 6.31. The molecule has 1 N–H and O–H groups in total. The molecule has 2 rings (SSSR count). The van der Waals surface area contributed by atoms with E-state index in [4.69, 9.17) is 0 Å². The van der Waals surface area contributed by atoms with Gasteiger partial charge in [-0.2, -0.15) is 5.10 Å². The molecule has 2 aromatic rings. The molecule has 7 heteroatoms. The Bertz CT molecular complexity index is 685. The van der Waals surface area contributed by atoms with Crippen molar-refractivity contribution >= 4 is 17.3 Å². The van der Waals surface area contributed by atoms with Crippen molar-refractivity contribution in [3.05, 3.63) is 33.5 Å². The minimum absolute atomic E-state index is 0.414. The van der Waals surface area contributed by atoms with Gasteiger partial charge in [0.05, 0.1) is 16.4 Å². The molecule has 6 nitrogen and oxygen atoms in total. The standard InChI is InChI=1S/C17H28N6S/c1-12(2)16-14(10-23(6)21-16)9-22(5)17(18-4)19-8-7-15-11-24-13(3)20-15/h10-12H,7-9H2,1-6H3,(H,18,19). The van der Waals surface area contributed by atoms with Crippen molar-refractivity contribution in [2.75, 3.05) is 20.6 Å². The van der Waals surface area contributed by atoms with Gasteiger partial charge in [0.25, 0.3) is 0 Å². The van der Waals surface area contributed by atoms with Gasteiger partial charge in [-0.3, -0.25) is 9.67 Å². The predicted molar refractivity (Wildman–Crippen MR) is 101 cm³/mol. The van der Waals surface area contributed by atoms with E-state index < -0.39 is 0 Å². The van der Waals surface area contributed by atoms with Crippen molar-refractivity contribution in [3.8, 4) is 0 Å². The number of aliphatic imine (C=N–C) groups is 1. The van der Waals surface area contributed by atoms with Crippen LogP contribution in [0.1, 0.15) is 41.7 Å². The number of guanidine groups is 1. The highest BCUT2D eigenvalue weighted by atomic mass is 32.1. The summed E-state index contributed by atoms with van der Waals surface area (Å²) in [6.45, 7) is 8.00. The van der Waals surface area contributed by atoms with Gasteiger partial charge in [-0.1, -0.05) is 13.8 Å².